The minimum absolute atomic E-state index is 0.246. The van der Waals surface area contributed by atoms with E-state index in [9.17, 15) is 14.7 Å². The summed E-state index contributed by atoms with van der Waals surface area (Å²) in [5.41, 5.74) is 3.37. The number of hydrogen-bond acceptors (Lipinski definition) is 5. The number of methoxy groups -OCH3 is 1. The Balaban J connectivity index is 1.76. The van der Waals surface area contributed by atoms with Gasteiger partial charge in [-0.2, -0.15) is 0 Å². The van der Waals surface area contributed by atoms with Crippen molar-refractivity contribution >= 4 is 28.2 Å². The summed E-state index contributed by atoms with van der Waals surface area (Å²) in [6.45, 7) is 3.08. The van der Waals surface area contributed by atoms with Crippen LogP contribution in [0.25, 0.3) is 21.3 Å². The van der Waals surface area contributed by atoms with Crippen LogP contribution in [0.4, 0.5) is 0 Å². The number of thiophene rings is 1. The molecule has 0 spiro atoms. The molecule has 3 N–H and O–H groups in total. The maximum Gasteiger partial charge on any atom is 0.341 e. The van der Waals surface area contributed by atoms with Crippen LogP contribution in [0.2, 0.25) is 0 Å². The van der Waals surface area contributed by atoms with Gasteiger partial charge < -0.3 is 20.1 Å². The van der Waals surface area contributed by atoms with Crippen molar-refractivity contribution in [3.63, 3.8) is 0 Å². The molecule has 2 aliphatic rings. The minimum Gasteiger partial charge on any atom is -0.494 e. The Bertz CT molecular complexity index is 1240. The fourth-order valence-electron chi connectivity index (χ4n) is 4.83. The number of aromatic nitrogens is 1. The fraction of sp³-hybridized carbons (Fsp3) is 0.417. The maximum atomic E-state index is 12.9. The van der Waals surface area contributed by atoms with Gasteiger partial charge in [-0.05, 0) is 67.8 Å². The molecule has 162 valence electrons. The second-order valence-corrected chi connectivity index (χ2v) is 9.54. The number of carboxylic acid groups (broad SMARTS) is 1. The van der Waals surface area contributed by atoms with E-state index in [0.29, 0.717) is 28.6 Å². The molecule has 3 aromatic rings. The lowest BCUT2D eigenvalue weighted by Crippen LogP contribution is -2.23. The quantitative estimate of drug-likeness (QED) is 0.513. The molecule has 2 heterocycles. The average Bonchev–Trinajstić information content (AvgIpc) is 3.51. The molecule has 2 aliphatic carbocycles. The summed E-state index contributed by atoms with van der Waals surface area (Å²) >= 11 is 1.82. The number of benzene rings is 1. The summed E-state index contributed by atoms with van der Waals surface area (Å²) in [7, 11) is 1.62. The first kappa shape index (κ1) is 20.3. The van der Waals surface area contributed by atoms with Gasteiger partial charge in [-0.3, -0.25) is 4.79 Å². The normalized spacial score (nSPS) is 18.2. The molecule has 31 heavy (non-hydrogen) atoms. The Kier molecular flexibility index (Phi) is 5.10. The second-order valence-electron chi connectivity index (χ2n) is 8.40. The third-order valence-corrected chi connectivity index (χ3v) is 7.65. The molecule has 0 radical (unpaired) electrons. The highest BCUT2D eigenvalue weighted by Crippen LogP contribution is 2.52. The second kappa shape index (κ2) is 7.80. The number of carbonyl (C=O) groups is 1. The Morgan fingerprint density at radius 3 is 2.77 bits per heavy atom. The SMILES string of the molecule is CCNC1CCCc2sc(-c3c(C4CC4)cc4c(=O)c(C(=O)O)c[nH]c4c3OC)cc21. The Hall–Kier alpha value is -2.64. The van der Waals surface area contributed by atoms with Crippen LogP contribution in [0, 0.1) is 0 Å². The molecular weight excluding hydrogens is 412 g/mol. The topological polar surface area (TPSA) is 91.4 Å². The molecule has 0 saturated heterocycles. The first-order valence-corrected chi connectivity index (χ1v) is 11.7. The van der Waals surface area contributed by atoms with Gasteiger partial charge in [0.1, 0.15) is 5.56 Å². The van der Waals surface area contributed by atoms with E-state index in [2.05, 4.69) is 23.3 Å². The van der Waals surface area contributed by atoms with Crippen molar-refractivity contribution in [2.75, 3.05) is 13.7 Å². The van der Waals surface area contributed by atoms with Gasteiger partial charge in [0.2, 0.25) is 5.43 Å². The highest BCUT2D eigenvalue weighted by Gasteiger charge is 2.32. The summed E-state index contributed by atoms with van der Waals surface area (Å²) in [6, 6.07) is 4.58. The molecule has 1 fully saturated rings. The van der Waals surface area contributed by atoms with E-state index in [-0.39, 0.29) is 5.56 Å². The molecule has 1 aromatic carbocycles. The summed E-state index contributed by atoms with van der Waals surface area (Å²) < 4.78 is 5.87. The number of carboxylic acids is 1. The van der Waals surface area contributed by atoms with E-state index < -0.39 is 11.4 Å². The molecule has 0 bridgehead atoms. The summed E-state index contributed by atoms with van der Waals surface area (Å²) in [4.78, 5) is 30.0. The van der Waals surface area contributed by atoms with Gasteiger partial charge in [-0.1, -0.05) is 6.92 Å². The number of aromatic amines is 1. The van der Waals surface area contributed by atoms with Crippen LogP contribution in [0.3, 0.4) is 0 Å². The lowest BCUT2D eigenvalue weighted by atomic mass is 9.92. The zero-order chi connectivity index (χ0) is 21.7. The number of H-pyrrole nitrogens is 1. The lowest BCUT2D eigenvalue weighted by molar-refractivity contribution is 0.0695. The first-order chi connectivity index (χ1) is 15.0. The number of aryl methyl sites for hydroxylation is 1. The zero-order valence-electron chi connectivity index (χ0n) is 17.7. The van der Waals surface area contributed by atoms with Crippen LogP contribution < -0.4 is 15.5 Å². The minimum atomic E-state index is -1.22. The van der Waals surface area contributed by atoms with E-state index in [1.54, 1.807) is 7.11 Å². The summed E-state index contributed by atoms with van der Waals surface area (Å²) in [5, 5.41) is 13.4. The lowest BCUT2D eigenvalue weighted by Gasteiger charge is -2.22. The van der Waals surface area contributed by atoms with Gasteiger partial charge in [0, 0.05) is 27.6 Å². The van der Waals surface area contributed by atoms with E-state index in [1.165, 1.54) is 27.9 Å². The molecule has 0 amide bonds. The van der Waals surface area contributed by atoms with E-state index in [4.69, 9.17) is 4.74 Å². The summed E-state index contributed by atoms with van der Waals surface area (Å²) in [6.07, 6.45) is 6.84. The van der Waals surface area contributed by atoms with E-state index in [0.717, 1.165) is 43.4 Å². The van der Waals surface area contributed by atoms with Crippen LogP contribution in [0.5, 0.6) is 5.75 Å². The molecule has 1 saturated carbocycles. The number of rotatable bonds is 6. The van der Waals surface area contributed by atoms with Crippen molar-refractivity contribution in [3.8, 4) is 16.2 Å². The van der Waals surface area contributed by atoms with Crippen molar-refractivity contribution in [3.05, 3.63) is 50.1 Å². The Labute approximate surface area is 184 Å². The largest absolute Gasteiger partial charge is 0.494 e. The van der Waals surface area contributed by atoms with Crippen LogP contribution in [-0.2, 0) is 6.42 Å². The van der Waals surface area contributed by atoms with Gasteiger partial charge in [0.15, 0.2) is 5.75 Å². The Morgan fingerprint density at radius 2 is 2.10 bits per heavy atom. The molecule has 5 rings (SSSR count). The predicted molar refractivity (Wildman–Crippen MR) is 123 cm³/mol. The van der Waals surface area contributed by atoms with Crippen LogP contribution in [0.15, 0.2) is 23.1 Å². The van der Waals surface area contributed by atoms with Gasteiger partial charge in [0.05, 0.1) is 18.0 Å². The number of aromatic carboxylic acids is 1. The molecule has 2 aromatic heterocycles. The van der Waals surface area contributed by atoms with Crippen molar-refractivity contribution in [1.82, 2.24) is 10.3 Å². The Morgan fingerprint density at radius 1 is 1.29 bits per heavy atom. The molecular formula is C24H26N2O4S. The van der Waals surface area contributed by atoms with Crippen molar-refractivity contribution in [2.24, 2.45) is 0 Å². The van der Waals surface area contributed by atoms with Crippen LogP contribution in [-0.4, -0.2) is 29.7 Å². The number of nitrogens with one attached hydrogen (secondary N) is 2. The monoisotopic (exact) mass is 438 g/mol. The zero-order valence-corrected chi connectivity index (χ0v) is 18.5. The van der Waals surface area contributed by atoms with Gasteiger partial charge in [-0.25, -0.2) is 4.79 Å². The summed E-state index contributed by atoms with van der Waals surface area (Å²) in [5.74, 6) is -0.212. The van der Waals surface area contributed by atoms with Gasteiger partial charge in [0.25, 0.3) is 0 Å². The fourth-order valence-corrected chi connectivity index (χ4v) is 6.16. The average molecular weight is 439 g/mol. The highest BCUT2D eigenvalue weighted by atomic mass is 32.1. The van der Waals surface area contributed by atoms with Crippen molar-refractivity contribution in [2.45, 2.75) is 51.0 Å². The van der Waals surface area contributed by atoms with E-state index >= 15 is 0 Å². The molecule has 1 unspecified atom stereocenters. The molecule has 1 atom stereocenters. The first-order valence-electron chi connectivity index (χ1n) is 10.9. The van der Waals surface area contributed by atoms with Crippen LogP contribution in [0.1, 0.15) is 70.9 Å². The van der Waals surface area contributed by atoms with Crippen LogP contribution >= 0.6 is 11.3 Å². The molecule has 0 aliphatic heterocycles. The predicted octanol–water partition coefficient (Wildman–Crippen LogP) is 4.83. The maximum absolute atomic E-state index is 12.9. The van der Waals surface area contributed by atoms with Crippen molar-refractivity contribution < 1.29 is 14.6 Å². The molecule has 6 nitrogen and oxygen atoms in total. The number of pyridine rings is 1. The highest BCUT2D eigenvalue weighted by molar-refractivity contribution is 7.15. The smallest absolute Gasteiger partial charge is 0.341 e. The number of fused-ring (bicyclic) bond motifs is 2. The third-order valence-electron chi connectivity index (χ3n) is 6.42. The number of hydrogen-bond donors (Lipinski definition) is 3. The molecule has 7 heteroatoms. The number of ether oxygens (including phenoxy) is 1. The standard InChI is InChI=1S/C24H26N2O4S/c1-3-25-17-5-4-6-18-14(17)10-19(31-18)20-13(12-7-8-12)9-15-21(23(20)30-2)26-11-16(22(15)27)24(28)29/h9-12,17,25H,3-8H2,1-2H3,(H,26,27)(H,28,29). The van der Waals surface area contributed by atoms with E-state index in [1.807, 2.05) is 17.4 Å². The van der Waals surface area contributed by atoms with Crippen molar-refractivity contribution in [1.29, 1.82) is 0 Å². The third kappa shape index (κ3) is 3.36. The van der Waals surface area contributed by atoms with Gasteiger partial charge >= 0.3 is 5.97 Å². The van der Waals surface area contributed by atoms with Gasteiger partial charge in [-0.15, -0.1) is 11.3 Å².